The molecule has 1 aromatic heterocycles. The molecular formula is C25H19NO4S. The summed E-state index contributed by atoms with van der Waals surface area (Å²) in [4.78, 5) is 23.7. The van der Waals surface area contributed by atoms with Gasteiger partial charge in [0.2, 0.25) is 0 Å². The van der Waals surface area contributed by atoms with E-state index in [0.29, 0.717) is 0 Å². The number of rotatable bonds is 5. The van der Waals surface area contributed by atoms with Gasteiger partial charge in [0.1, 0.15) is 6.61 Å². The molecule has 0 fully saturated rings. The lowest BCUT2D eigenvalue weighted by molar-refractivity contribution is 0.0697. The number of thiophene rings is 1. The van der Waals surface area contributed by atoms with Crippen LogP contribution in [0.4, 0.5) is 4.79 Å². The lowest BCUT2D eigenvalue weighted by atomic mass is 9.98. The molecular weight excluding hydrogens is 410 g/mol. The summed E-state index contributed by atoms with van der Waals surface area (Å²) in [6.45, 7) is 0.535. The first kappa shape index (κ1) is 19.3. The number of hydrogen-bond acceptors (Lipinski definition) is 4. The van der Waals surface area contributed by atoms with Crippen molar-refractivity contribution in [1.82, 2.24) is 5.32 Å². The maximum absolute atomic E-state index is 12.4. The molecule has 0 bridgehead atoms. The monoisotopic (exact) mass is 429 g/mol. The fraction of sp³-hybridized carbons (Fsp3) is 0.120. The third-order valence-electron chi connectivity index (χ3n) is 5.67. The lowest BCUT2D eigenvalue weighted by Gasteiger charge is -2.14. The maximum Gasteiger partial charge on any atom is 0.407 e. The van der Waals surface area contributed by atoms with Crippen LogP contribution in [-0.2, 0) is 11.3 Å². The van der Waals surface area contributed by atoms with Crippen LogP contribution in [0.3, 0.4) is 0 Å². The number of ether oxygens (including phenoxy) is 1. The van der Waals surface area contributed by atoms with Gasteiger partial charge in [-0.2, -0.15) is 0 Å². The van der Waals surface area contributed by atoms with Crippen molar-refractivity contribution in [3.63, 3.8) is 0 Å². The van der Waals surface area contributed by atoms with Crippen molar-refractivity contribution in [2.45, 2.75) is 12.5 Å². The minimum Gasteiger partial charge on any atom is -0.478 e. The quantitative estimate of drug-likeness (QED) is 0.431. The molecule has 0 atom stereocenters. The zero-order chi connectivity index (χ0) is 21.4. The van der Waals surface area contributed by atoms with Crippen LogP contribution in [0.15, 0.2) is 72.1 Å². The first-order valence-corrected chi connectivity index (χ1v) is 10.8. The van der Waals surface area contributed by atoms with Crippen LogP contribution < -0.4 is 5.32 Å². The Kier molecular flexibility index (Phi) is 4.92. The van der Waals surface area contributed by atoms with Gasteiger partial charge in [-0.05, 0) is 56.8 Å². The van der Waals surface area contributed by atoms with Crippen molar-refractivity contribution in [2.75, 3.05) is 6.61 Å². The number of carbonyl (C=O) groups is 2. The van der Waals surface area contributed by atoms with E-state index in [1.807, 2.05) is 29.6 Å². The molecule has 0 saturated heterocycles. The van der Waals surface area contributed by atoms with Crippen LogP contribution in [0.25, 0.3) is 21.2 Å². The highest BCUT2D eigenvalue weighted by Crippen LogP contribution is 2.44. The van der Waals surface area contributed by atoms with Crippen molar-refractivity contribution in [1.29, 1.82) is 0 Å². The molecule has 0 unspecified atom stereocenters. The van der Waals surface area contributed by atoms with Gasteiger partial charge in [-0.3, -0.25) is 0 Å². The first-order valence-electron chi connectivity index (χ1n) is 9.94. The van der Waals surface area contributed by atoms with Crippen molar-refractivity contribution in [2.24, 2.45) is 0 Å². The first-order chi connectivity index (χ1) is 15.1. The van der Waals surface area contributed by atoms with Crippen LogP contribution >= 0.6 is 11.3 Å². The van der Waals surface area contributed by atoms with E-state index in [1.54, 1.807) is 18.2 Å². The Morgan fingerprint density at radius 1 is 0.968 bits per heavy atom. The Balaban J connectivity index is 1.27. The number of nitrogens with one attached hydrogen (secondary N) is 1. The Labute approximate surface area is 182 Å². The number of fused-ring (bicyclic) bond motifs is 4. The van der Waals surface area contributed by atoms with E-state index in [-0.39, 0.29) is 24.6 Å². The van der Waals surface area contributed by atoms with Crippen LogP contribution in [0.1, 0.15) is 33.0 Å². The normalized spacial score (nSPS) is 12.4. The Bertz CT molecular complexity index is 1260. The fourth-order valence-corrected chi connectivity index (χ4v) is 5.11. The largest absolute Gasteiger partial charge is 0.478 e. The van der Waals surface area contributed by atoms with Crippen molar-refractivity contribution in [3.05, 3.63) is 94.4 Å². The highest BCUT2D eigenvalue weighted by Gasteiger charge is 2.29. The molecule has 5 nitrogen and oxygen atoms in total. The van der Waals surface area contributed by atoms with E-state index in [9.17, 15) is 14.7 Å². The van der Waals surface area contributed by atoms with Gasteiger partial charge in [-0.1, -0.05) is 48.5 Å². The number of aromatic carboxylic acids is 1. The number of hydrogen-bond donors (Lipinski definition) is 2. The predicted octanol–water partition coefficient (Wildman–Crippen LogP) is 5.64. The molecule has 5 rings (SSSR count). The molecule has 1 amide bonds. The molecule has 0 saturated carbocycles. The summed E-state index contributed by atoms with van der Waals surface area (Å²) in [7, 11) is 0. The third-order valence-corrected chi connectivity index (χ3v) is 6.68. The highest BCUT2D eigenvalue weighted by molar-refractivity contribution is 7.17. The summed E-state index contributed by atoms with van der Waals surface area (Å²) in [5.74, 6) is -0.957. The number of alkyl carbamates (subject to hydrolysis) is 1. The lowest BCUT2D eigenvalue weighted by Crippen LogP contribution is -2.25. The second kappa shape index (κ2) is 7.89. The summed E-state index contributed by atoms with van der Waals surface area (Å²) in [6, 6.07) is 21.4. The zero-order valence-electron chi connectivity index (χ0n) is 16.5. The summed E-state index contributed by atoms with van der Waals surface area (Å²) < 4.78 is 6.55. The molecule has 0 aliphatic heterocycles. The highest BCUT2D eigenvalue weighted by atomic mass is 32.1. The summed E-state index contributed by atoms with van der Waals surface area (Å²) >= 11 is 1.52. The number of carboxylic acid groups (broad SMARTS) is 1. The average Bonchev–Trinajstić information content (AvgIpc) is 3.34. The number of carboxylic acids is 1. The van der Waals surface area contributed by atoms with Gasteiger partial charge in [0.25, 0.3) is 0 Å². The fourth-order valence-electron chi connectivity index (χ4n) is 4.17. The SMILES string of the molecule is O=C(NCc1csc2ccc(C(=O)O)cc12)OCC1c2ccccc2-c2ccccc21. The minimum atomic E-state index is -0.969. The zero-order valence-corrected chi connectivity index (χ0v) is 17.3. The molecule has 1 heterocycles. The van der Waals surface area contributed by atoms with E-state index in [2.05, 4.69) is 29.6 Å². The molecule has 1 aliphatic rings. The van der Waals surface area contributed by atoms with Gasteiger partial charge >= 0.3 is 12.1 Å². The molecule has 3 aromatic carbocycles. The standard InChI is InChI=1S/C25H19NO4S/c27-24(28)15-9-10-23-21(11-15)16(14-31-23)12-26-25(29)30-13-22-19-7-3-1-5-17(19)18-6-2-4-8-20(18)22/h1-11,14,22H,12-13H2,(H,26,29)(H,27,28). The van der Waals surface area contributed by atoms with Gasteiger partial charge in [-0.25, -0.2) is 9.59 Å². The van der Waals surface area contributed by atoms with Crippen molar-refractivity contribution >= 4 is 33.5 Å². The van der Waals surface area contributed by atoms with E-state index in [4.69, 9.17) is 4.74 Å². The van der Waals surface area contributed by atoms with Crippen LogP contribution in [-0.4, -0.2) is 23.8 Å². The van der Waals surface area contributed by atoms with E-state index < -0.39 is 12.1 Å². The van der Waals surface area contributed by atoms with Gasteiger partial charge in [0, 0.05) is 17.2 Å². The summed E-state index contributed by atoms with van der Waals surface area (Å²) in [6.07, 6.45) is -0.490. The van der Waals surface area contributed by atoms with E-state index >= 15 is 0 Å². The Morgan fingerprint density at radius 2 is 1.65 bits per heavy atom. The predicted molar refractivity (Wildman–Crippen MR) is 121 cm³/mol. The third kappa shape index (κ3) is 3.55. The Morgan fingerprint density at radius 3 is 2.32 bits per heavy atom. The number of amides is 1. The molecule has 0 spiro atoms. The molecule has 1 aliphatic carbocycles. The summed E-state index contributed by atoms with van der Waals surface area (Å²) in [5, 5.41) is 14.8. The second-order valence-corrected chi connectivity index (χ2v) is 8.37. The van der Waals surface area contributed by atoms with Gasteiger partial charge in [0.05, 0.1) is 5.56 Å². The van der Waals surface area contributed by atoms with Crippen molar-refractivity contribution in [3.8, 4) is 11.1 Å². The van der Waals surface area contributed by atoms with E-state index in [1.165, 1.54) is 33.6 Å². The topological polar surface area (TPSA) is 75.6 Å². The summed E-state index contributed by atoms with van der Waals surface area (Å²) in [5.41, 5.74) is 5.81. The van der Waals surface area contributed by atoms with Crippen LogP contribution in [0.2, 0.25) is 0 Å². The smallest absolute Gasteiger partial charge is 0.407 e. The number of carbonyl (C=O) groups excluding carboxylic acids is 1. The average molecular weight is 429 g/mol. The minimum absolute atomic E-state index is 0.0123. The number of benzene rings is 3. The molecule has 154 valence electrons. The van der Waals surface area contributed by atoms with Gasteiger partial charge in [-0.15, -0.1) is 11.3 Å². The van der Waals surface area contributed by atoms with Crippen LogP contribution in [0.5, 0.6) is 0 Å². The molecule has 31 heavy (non-hydrogen) atoms. The maximum atomic E-state index is 12.4. The second-order valence-electron chi connectivity index (χ2n) is 7.46. The van der Waals surface area contributed by atoms with E-state index in [0.717, 1.165) is 15.6 Å². The van der Waals surface area contributed by atoms with Gasteiger partial charge < -0.3 is 15.2 Å². The van der Waals surface area contributed by atoms with Crippen molar-refractivity contribution < 1.29 is 19.4 Å². The molecule has 6 heteroatoms. The Hall–Kier alpha value is -3.64. The molecule has 2 N–H and O–H groups in total. The molecule has 0 radical (unpaired) electrons. The van der Waals surface area contributed by atoms with Gasteiger partial charge in [0.15, 0.2) is 0 Å². The molecule has 4 aromatic rings. The van der Waals surface area contributed by atoms with Crippen LogP contribution in [0, 0.1) is 0 Å².